The second-order valence-corrected chi connectivity index (χ2v) is 8.83. The fourth-order valence-corrected chi connectivity index (χ4v) is 4.38. The van der Waals surface area contributed by atoms with Crippen LogP contribution in [-0.2, 0) is 9.59 Å². The molecule has 1 fully saturated rings. The Morgan fingerprint density at radius 2 is 1.90 bits per heavy atom. The maximum absolute atomic E-state index is 12.9. The number of aliphatic hydroxyl groups is 1. The number of amides is 1. The second-order valence-electron chi connectivity index (χ2n) is 7.86. The van der Waals surface area contributed by atoms with Gasteiger partial charge in [-0.05, 0) is 76.6 Å². The lowest BCUT2D eigenvalue weighted by molar-refractivity contribution is -0.139. The number of nitrogens with zero attached hydrogens (tertiary/aromatic N) is 2. The molecular weight excluding hydrogens is 400 g/mol. The minimum Gasteiger partial charge on any atom is -0.507 e. The summed E-state index contributed by atoms with van der Waals surface area (Å²) in [4.78, 5) is 30.2. The first-order valence-corrected chi connectivity index (χ1v) is 10.9. The third-order valence-corrected chi connectivity index (χ3v) is 5.78. The molecule has 1 amide bonds. The maximum Gasteiger partial charge on any atom is 0.295 e. The first-order chi connectivity index (χ1) is 14.3. The lowest BCUT2D eigenvalue weighted by atomic mass is 10.00. The van der Waals surface area contributed by atoms with Gasteiger partial charge in [0.25, 0.3) is 11.7 Å². The van der Waals surface area contributed by atoms with Gasteiger partial charge in [0.2, 0.25) is 0 Å². The Morgan fingerprint density at radius 1 is 1.20 bits per heavy atom. The highest BCUT2D eigenvalue weighted by Crippen LogP contribution is 2.41. The minimum absolute atomic E-state index is 0.0377. The molecule has 0 spiro atoms. The molecule has 1 atom stereocenters. The van der Waals surface area contributed by atoms with Gasteiger partial charge in [0.15, 0.2) is 0 Å². The quantitative estimate of drug-likeness (QED) is 0.392. The lowest BCUT2D eigenvalue weighted by Gasteiger charge is -2.24. The van der Waals surface area contributed by atoms with E-state index < -0.39 is 17.7 Å². The van der Waals surface area contributed by atoms with E-state index >= 15 is 0 Å². The monoisotopic (exact) mass is 428 g/mol. The van der Waals surface area contributed by atoms with Gasteiger partial charge in [0, 0.05) is 17.0 Å². The van der Waals surface area contributed by atoms with Crippen molar-refractivity contribution in [3.05, 3.63) is 57.8 Å². The standard InChI is InChI=1S/C23H28N2O4S/c1-15(2)29-17-10-8-16(9-11-17)21(26)19-20(18-7-5-14-30-18)25(23(28)22(19)27)13-6-12-24(3)4/h5,7-11,14-15,20,26H,6,12-13H2,1-4H3/b21-19+/t20-/m0/s1. The van der Waals surface area contributed by atoms with Crippen molar-refractivity contribution in [1.29, 1.82) is 0 Å². The molecule has 6 nitrogen and oxygen atoms in total. The highest BCUT2D eigenvalue weighted by Gasteiger charge is 2.46. The summed E-state index contributed by atoms with van der Waals surface area (Å²) in [5.41, 5.74) is 0.629. The van der Waals surface area contributed by atoms with E-state index in [2.05, 4.69) is 0 Å². The Labute approximate surface area is 181 Å². The van der Waals surface area contributed by atoms with Gasteiger partial charge in [-0.15, -0.1) is 11.3 Å². The van der Waals surface area contributed by atoms with Gasteiger partial charge in [-0.2, -0.15) is 0 Å². The SMILES string of the molecule is CC(C)Oc1ccc(/C(O)=C2\C(=O)C(=O)N(CCCN(C)C)[C@H]2c2cccs2)cc1. The van der Waals surface area contributed by atoms with Crippen molar-refractivity contribution in [3.8, 4) is 5.75 Å². The topological polar surface area (TPSA) is 70.1 Å². The summed E-state index contributed by atoms with van der Waals surface area (Å²) >= 11 is 1.47. The van der Waals surface area contributed by atoms with Crippen molar-refractivity contribution >= 4 is 28.8 Å². The average molecular weight is 429 g/mol. The molecule has 160 valence electrons. The van der Waals surface area contributed by atoms with Crippen LogP contribution in [0.2, 0.25) is 0 Å². The third-order valence-electron chi connectivity index (χ3n) is 4.86. The summed E-state index contributed by atoms with van der Waals surface area (Å²) in [5, 5.41) is 12.9. The highest BCUT2D eigenvalue weighted by molar-refractivity contribution is 7.10. The first kappa shape index (κ1) is 22.1. The molecule has 1 aliphatic rings. The Kier molecular flexibility index (Phi) is 6.95. The number of aliphatic hydroxyl groups excluding tert-OH is 1. The molecule has 1 saturated heterocycles. The van der Waals surface area contributed by atoms with Crippen LogP contribution in [-0.4, -0.2) is 59.9 Å². The van der Waals surface area contributed by atoms with Gasteiger partial charge in [0.1, 0.15) is 11.5 Å². The lowest BCUT2D eigenvalue weighted by Crippen LogP contribution is -2.32. The van der Waals surface area contributed by atoms with Gasteiger partial charge in [-0.1, -0.05) is 6.07 Å². The van der Waals surface area contributed by atoms with Crippen LogP contribution >= 0.6 is 11.3 Å². The Hall–Kier alpha value is -2.64. The van der Waals surface area contributed by atoms with Crippen LogP contribution in [0.3, 0.4) is 0 Å². The van der Waals surface area contributed by atoms with Crippen molar-refractivity contribution in [2.75, 3.05) is 27.2 Å². The number of hydrogen-bond donors (Lipinski definition) is 1. The summed E-state index contributed by atoms with van der Waals surface area (Å²) in [6, 6.07) is 10.1. The number of likely N-dealkylation sites (tertiary alicyclic amines) is 1. The number of benzene rings is 1. The summed E-state index contributed by atoms with van der Waals surface area (Å²) in [6.45, 7) is 5.13. The number of carbonyl (C=O) groups excluding carboxylic acids is 2. The van der Waals surface area contributed by atoms with Crippen molar-refractivity contribution in [2.45, 2.75) is 32.4 Å². The molecule has 0 unspecified atom stereocenters. The van der Waals surface area contributed by atoms with Crippen LogP contribution in [0.4, 0.5) is 0 Å². The van der Waals surface area contributed by atoms with Crippen molar-refractivity contribution < 1.29 is 19.4 Å². The number of carbonyl (C=O) groups is 2. The predicted molar refractivity (Wildman–Crippen MR) is 119 cm³/mol. The Morgan fingerprint density at radius 3 is 2.47 bits per heavy atom. The van der Waals surface area contributed by atoms with Gasteiger partial charge < -0.3 is 19.6 Å². The average Bonchev–Trinajstić information content (AvgIpc) is 3.30. The van der Waals surface area contributed by atoms with Crippen molar-refractivity contribution in [2.24, 2.45) is 0 Å². The number of ketones is 1. The van der Waals surface area contributed by atoms with E-state index in [0.717, 1.165) is 17.8 Å². The molecule has 30 heavy (non-hydrogen) atoms. The van der Waals surface area contributed by atoms with Crippen LogP contribution in [0.1, 0.15) is 36.8 Å². The molecule has 0 radical (unpaired) electrons. The molecule has 0 saturated carbocycles. The van der Waals surface area contributed by atoms with Gasteiger partial charge >= 0.3 is 0 Å². The van der Waals surface area contributed by atoms with E-state index in [1.54, 1.807) is 29.2 Å². The number of hydrogen-bond acceptors (Lipinski definition) is 6. The molecular formula is C23H28N2O4S. The van der Waals surface area contributed by atoms with Gasteiger partial charge in [-0.3, -0.25) is 9.59 Å². The Bertz CT molecular complexity index is 917. The van der Waals surface area contributed by atoms with Crippen molar-refractivity contribution in [1.82, 2.24) is 9.80 Å². The molecule has 1 N–H and O–H groups in total. The Balaban J connectivity index is 1.97. The first-order valence-electron chi connectivity index (χ1n) is 10.0. The fourth-order valence-electron chi connectivity index (χ4n) is 3.53. The van der Waals surface area contributed by atoms with E-state index in [0.29, 0.717) is 17.9 Å². The van der Waals surface area contributed by atoms with Crippen molar-refractivity contribution in [3.63, 3.8) is 0 Å². The largest absolute Gasteiger partial charge is 0.507 e. The second kappa shape index (κ2) is 9.45. The highest BCUT2D eigenvalue weighted by atomic mass is 32.1. The number of rotatable bonds is 8. The molecule has 1 aliphatic heterocycles. The third kappa shape index (κ3) is 4.74. The molecule has 7 heteroatoms. The van der Waals surface area contributed by atoms with Crippen LogP contribution in [0.25, 0.3) is 5.76 Å². The maximum atomic E-state index is 12.9. The van der Waals surface area contributed by atoms with Crippen LogP contribution < -0.4 is 4.74 Å². The summed E-state index contributed by atoms with van der Waals surface area (Å²) in [5.74, 6) is -0.676. The molecule has 2 aromatic rings. The number of ether oxygens (including phenoxy) is 1. The zero-order valence-corrected chi connectivity index (χ0v) is 18.6. The zero-order chi connectivity index (χ0) is 21.8. The predicted octanol–water partition coefficient (Wildman–Crippen LogP) is 3.91. The molecule has 3 rings (SSSR count). The fraction of sp³-hybridized carbons (Fsp3) is 0.391. The number of thiophene rings is 1. The summed E-state index contributed by atoms with van der Waals surface area (Å²) < 4.78 is 5.64. The molecule has 1 aromatic carbocycles. The van der Waals surface area contributed by atoms with E-state index in [9.17, 15) is 14.7 Å². The van der Waals surface area contributed by atoms with Crippen LogP contribution in [0.5, 0.6) is 5.75 Å². The van der Waals surface area contributed by atoms with E-state index in [1.807, 2.05) is 50.4 Å². The molecule has 0 aliphatic carbocycles. The summed E-state index contributed by atoms with van der Waals surface area (Å²) in [6.07, 6.45) is 0.777. The minimum atomic E-state index is -0.640. The van der Waals surface area contributed by atoms with Crippen LogP contribution in [0.15, 0.2) is 47.4 Å². The van der Waals surface area contributed by atoms with E-state index in [-0.39, 0.29) is 17.4 Å². The van der Waals surface area contributed by atoms with E-state index in [4.69, 9.17) is 4.74 Å². The normalized spacial score (nSPS) is 18.6. The molecule has 0 bridgehead atoms. The number of Topliss-reactive ketones (excluding diaryl/α,β-unsaturated/α-hetero) is 1. The summed E-state index contributed by atoms with van der Waals surface area (Å²) in [7, 11) is 3.94. The smallest absolute Gasteiger partial charge is 0.295 e. The van der Waals surface area contributed by atoms with E-state index in [1.165, 1.54) is 11.3 Å². The molecule has 1 aromatic heterocycles. The van der Waals surface area contributed by atoms with Crippen LogP contribution in [0, 0.1) is 0 Å². The van der Waals surface area contributed by atoms with Gasteiger partial charge in [0.05, 0.1) is 17.7 Å². The molecule has 2 heterocycles. The van der Waals surface area contributed by atoms with Gasteiger partial charge in [-0.25, -0.2) is 0 Å². The zero-order valence-electron chi connectivity index (χ0n) is 17.8.